The van der Waals surface area contributed by atoms with E-state index in [-0.39, 0.29) is 6.42 Å². The number of aromatic nitrogens is 1. The lowest BCUT2D eigenvalue weighted by molar-refractivity contribution is -0.142. The quantitative estimate of drug-likeness (QED) is 0.569. The van der Waals surface area contributed by atoms with Crippen LogP contribution >= 0.6 is 0 Å². The molecule has 0 saturated carbocycles. The minimum atomic E-state index is -1.26. The SMILES string of the molecule is C=CC(=O)NC(C)(C)C(=O)NC(Cc1c[nH]c2ccccc12)C(=O)O. The molecule has 7 heteroatoms. The number of hydrogen-bond acceptors (Lipinski definition) is 3. The van der Waals surface area contributed by atoms with E-state index in [2.05, 4.69) is 22.2 Å². The van der Waals surface area contributed by atoms with Crippen LogP contribution in [0.5, 0.6) is 0 Å². The smallest absolute Gasteiger partial charge is 0.326 e. The molecule has 0 fully saturated rings. The maximum absolute atomic E-state index is 12.4. The number of carboxylic acid groups (broad SMARTS) is 1. The first-order valence-corrected chi connectivity index (χ1v) is 7.78. The van der Waals surface area contributed by atoms with Crippen LogP contribution in [0.15, 0.2) is 43.1 Å². The average Bonchev–Trinajstić information content (AvgIpc) is 2.96. The first kappa shape index (κ1) is 18.3. The third kappa shape index (κ3) is 4.26. The number of H-pyrrole nitrogens is 1. The lowest BCUT2D eigenvalue weighted by atomic mass is 10.0. The van der Waals surface area contributed by atoms with E-state index in [4.69, 9.17) is 0 Å². The van der Waals surface area contributed by atoms with Crippen molar-refractivity contribution in [3.63, 3.8) is 0 Å². The third-order valence-corrected chi connectivity index (χ3v) is 3.89. The molecule has 1 atom stereocenters. The summed E-state index contributed by atoms with van der Waals surface area (Å²) in [5, 5.41) is 15.3. The van der Waals surface area contributed by atoms with E-state index in [1.165, 1.54) is 13.8 Å². The van der Waals surface area contributed by atoms with Gasteiger partial charge in [-0.1, -0.05) is 24.8 Å². The molecule has 4 N–H and O–H groups in total. The third-order valence-electron chi connectivity index (χ3n) is 3.89. The molecule has 2 aromatic rings. The Balaban J connectivity index is 2.16. The van der Waals surface area contributed by atoms with Crippen molar-refractivity contribution in [3.8, 4) is 0 Å². The highest BCUT2D eigenvalue weighted by molar-refractivity contribution is 5.96. The van der Waals surface area contributed by atoms with Crippen molar-refractivity contribution < 1.29 is 19.5 Å². The molecule has 0 aliphatic heterocycles. The summed E-state index contributed by atoms with van der Waals surface area (Å²) < 4.78 is 0. The number of aromatic amines is 1. The summed E-state index contributed by atoms with van der Waals surface area (Å²) in [4.78, 5) is 38.5. The molecule has 25 heavy (non-hydrogen) atoms. The lowest BCUT2D eigenvalue weighted by Crippen LogP contribution is -2.57. The summed E-state index contributed by atoms with van der Waals surface area (Å²) in [5.41, 5.74) is 0.418. The van der Waals surface area contributed by atoms with Gasteiger partial charge in [-0.25, -0.2) is 4.79 Å². The highest BCUT2D eigenvalue weighted by Crippen LogP contribution is 2.19. The van der Waals surface area contributed by atoms with E-state index in [1.54, 1.807) is 6.20 Å². The molecule has 132 valence electrons. The van der Waals surface area contributed by atoms with Crippen LogP contribution < -0.4 is 10.6 Å². The molecule has 0 aliphatic carbocycles. The Bertz CT molecular complexity index is 823. The molecule has 0 radical (unpaired) electrons. The monoisotopic (exact) mass is 343 g/mol. The normalized spacial score (nSPS) is 12.4. The fourth-order valence-electron chi connectivity index (χ4n) is 2.47. The van der Waals surface area contributed by atoms with Gasteiger partial charge in [0, 0.05) is 23.5 Å². The first-order valence-electron chi connectivity index (χ1n) is 7.78. The first-order chi connectivity index (χ1) is 11.7. The predicted octanol–water partition coefficient (Wildman–Crippen LogP) is 1.36. The van der Waals surface area contributed by atoms with Crippen molar-refractivity contribution in [2.24, 2.45) is 0 Å². The number of aliphatic carboxylic acids is 1. The number of para-hydroxylation sites is 1. The van der Waals surface area contributed by atoms with Crippen LogP contribution in [0.25, 0.3) is 10.9 Å². The van der Waals surface area contributed by atoms with Crippen LogP contribution in [0.3, 0.4) is 0 Å². The molecule has 0 saturated heterocycles. The molecule has 0 bridgehead atoms. The van der Waals surface area contributed by atoms with Crippen LogP contribution in [-0.2, 0) is 20.8 Å². The number of amides is 2. The minimum absolute atomic E-state index is 0.122. The number of benzene rings is 1. The van der Waals surface area contributed by atoms with Gasteiger partial charge in [0.2, 0.25) is 11.8 Å². The van der Waals surface area contributed by atoms with E-state index in [1.807, 2.05) is 24.3 Å². The van der Waals surface area contributed by atoms with Gasteiger partial charge in [-0.2, -0.15) is 0 Å². The second-order valence-corrected chi connectivity index (χ2v) is 6.25. The molecule has 0 spiro atoms. The fraction of sp³-hybridized carbons (Fsp3) is 0.278. The molecule has 2 rings (SSSR count). The number of nitrogens with one attached hydrogen (secondary N) is 3. The molecule has 1 heterocycles. The van der Waals surface area contributed by atoms with E-state index in [0.29, 0.717) is 0 Å². The topological polar surface area (TPSA) is 111 Å². The van der Waals surface area contributed by atoms with Crippen molar-refractivity contribution in [1.82, 2.24) is 15.6 Å². The minimum Gasteiger partial charge on any atom is -0.480 e. The van der Waals surface area contributed by atoms with Crippen molar-refractivity contribution >= 4 is 28.7 Å². The number of rotatable bonds is 7. The summed E-state index contributed by atoms with van der Waals surface area (Å²) in [6, 6.07) is 6.40. The van der Waals surface area contributed by atoms with Gasteiger partial charge >= 0.3 is 5.97 Å². The van der Waals surface area contributed by atoms with Gasteiger partial charge in [-0.15, -0.1) is 0 Å². The summed E-state index contributed by atoms with van der Waals surface area (Å²) in [6.45, 7) is 6.32. The van der Waals surface area contributed by atoms with Crippen LogP contribution in [-0.4, -0.2) is 39.5 Å². The van der Waals surface area contributed by atoms with Crippen LogP contribution in [0.1, 0.15) is 19.4 Å². The van der Waals surface area contributed by atoms with E-state index >= 15 is 0 Å². The zero-order chi connectivity index (χ0) is 18.6. The average molecular weight is 343 g/mol. The van der Waals surface area contributed by atoms with Gasteiger partial charge < -0.3 is 20.7 Å². The van der Waals surface area contributed by atoms with Crippen molar-refractivity contribution in [3.05, 3.63) is 48.7 Å². The van der Waals surface area contributed by atoms with Gasteiger partial charge in [-0.3, -0.25) is 9.59 Å². The number of carboxylic acids is 1. The van der Waals surface area contributed by atoms with E-state index in [0.717, 1.165) is 22.5 Å². The largest absolute Gasteiger partial charge is 0.480 e. The number of hydrogen-bond donors (Lipinski definition) is 4. The van der Waals surface area contributed by atoms with Gasteiger partial charge in [0.1, 0.15) is 11.6 Å². The van der Waals surface area contributed by atoms with Crippen molar-refractivity contribution in [2.45, 2.75) is 31.8 Å². The van der Waals surface area contributed by atoms with Crippen LogP contribution in [0.2, 0.25) is 0 Å². The van der Waals surface area contributed by atoms with E-state index in [9.17, 15) is 19.5 Å². The van der Waals surface area contributed by atoms with Crippen LogP contribution in [0, 0.1) is 0 Å². The molecule has 2 amide bonds. The van der Waals surface area contributed by atoms with E-state index < -0.39 is 29.4 Å². The predicted molar refractivity (Wildman–Crippen MR) is 94.0 cm³/mol. The zero-order valence-corrected chi connectivity index (χ0v) is 14.1. The Morgan fingerprint density at radius 2 is 2.00 bits per heavy atom. The number of carbonyl (C=O) groups is 3. The maximum Gasteiger partial charge on any atom is 0.326 e. The molecule has 1 unspecified atom stereocenters. The molecule has 0 aliphatic rings. The van der Waals surface area contributed by atoms with Gasteiger partial charge in [-0.05, 0) is 31.6 Å². The lowest BCUT2D eigenvalue weighted by Gasteiger charge is -2.26. The molecular weight excluding hydrogens is 322 g/mol. The molecule has 1 aromatic carbocycles. The van der Waals surface area contributed by atoms with Gasteiger partial charge in [0.25, 0.3) is 0 Å². The Morgan fingerprint density at radius 1 is 1.32 bits per heavy atom. The molecular formula is C18H21N3O4. The van der Waals surface area contributed by atoms with Crippen LogP contribution in [0.4, 0.5) is 0 Å². The maximum atomic E-state index is 12.4. The van der Waals surface area contributed by atoms with Crippen molar-refractivity contribution in [1.29, 1.82) is 0 Å². The molecule has 7 nitrogen and oxygen atoms in total. The highest BCUT2D eigenvalue weighted by atomic mass is 16.4. The Labute approximate surface area is 145 Å². The summed E-state index contributed by atoms with van der Waals surface area (Å²) in [6.07, 6.45) is 2.91. The summed E-state index contributed by atoms with van der Waals surface area (Å²) >= 11 is 0. The van der Waals surface area contributed by atoms with Gasteiger partial charge in [0.15, 0.2) is 0 Å². The highest BCUT2D eigenvalue weighted by Gasteiger charge is 2.32. The fourth-order valence-corrected chi connectivity index (χ4v) is 2.47. The summed E-state index contributed by atoms with van der Waals surface area (Å²) in [7, 11) is 0. The van der Waals surface area contributed by atoms with Gasteiger partial charge in [0.05, 0.1) is 0 Å². The standard InChI is InChI=1S/C18H21N3O4/c1-4-15(22)21-18(2,3)17(25)20-14(16(23)24)9-11-10-19-13-8-6-5-7-12(11)13/h4-8,10,14,19H,1,9H2,2-3H3,(H,20,25)(H,21,22)(H,23,24). The Morgan fingerprint density at radius 3 is 2.64 bits per heavy atom. The second-order valence-electron chi connectivity index (χ2n) is 6.25. The van der Waals surface area contributed by atoms with Crippen molar-refractivity contribution in [2.75, 3.05) is 0 Å². The second kappa shape index (κ2) is 7.21. The zero-order valence-electron chi connectivity index (χ0n) is 14.1. The Kier molecular flexibility index (Phi) is 5.26. The Hall–Kier alpha value is -3.09. The summed E-state index contributed by atoms with van der Waals surface area (Å²) in [5.74, 6) is -2.25. The molecule has 1 aromatic heterocycles. The number of fused-ring (bicyclic) bond motifs is 1. The number of carbonyl (C=O) groups excluding carboxylic acids is 2.